The van der Waals surface area contributed by atoms with Crippen LogP contribution < -0.4 is 5.32 Å². The van der Waals surface area contributed by atoms with Gasteiger partial charge in [-0.2, -0.15) is 0 Å². The SMILES string of the molecule is CC(C)(C(=O)N[C@H]1CCS(=O)(=O)C1)c1ccc(Br)cc1. The van der Waals surface area contributed by atoms with E-state index in [2.05, 4.69) is 21.2 Å². The molecule has 110 valence electrons. The number of rotatable bonds is 3. The number of amides is 1. The van der Waals surface area contributed by atoms with Gasteiger partial charge in [0.25, 0.3) is 0 Å². The summed E-state index contributed by atoms with van der Waals surface area (Å²) in [4.78, 5) is 12.4. The zero-order valence-corrected chi connectivity index (χ0v) is 13.9. The highest BCUT2D eigenvalue weighted by Crippen LogP contribution is 2.25. The van der Waals surface area contributed by atoms with Crippen molar-refractivity contribution in [2.75, 3.05) is 11.5 Å². The molecule has 0 spiro atoms. The minimum Gasteiger partial charge on any atom is -0.352 e. The molecule has 0 radical (unpaired) electrons. The van der Waals surface area contributed by atoms with Crippen LogP contribution in [0.2, 0.25) is 0 Å². The molecule has 1 amide bonds. The molecular formula is C14H18BrNO3S. The van der Waals surface area contributed by atoms with Gasteiger partial charge in [0.2, 0.25) is 5.91 Å². The number of carbonyl (C=O) groups excluding carboxylic acids is 1. The maximum Gasteiger partial charge on any atom is 0.230 e. The molecule has 0 aliphatic carbocycles. The molecule has 1 fully saturated rings. The molecule has 1 saturated heterocycles. The molecule has 0 bridgehead atoms. The Morgan fingerprint density at radius 3 is 2.40 bits per heavy atom. The van der Waals surface area contributed by atoms with E-state index < -0.39 is 15.3 Å². The van der Waals surface area contributed by atoms with Crippen molar-refractivity contribution in [1.82, 2.24) is 5.32 Å². The van der Waals surface area contributed by atoms with E-state index in [0.29, 0.717) is 6.42 Å². The van der Waals surface area contributed by atoms with Crippen molar-refractivity contribution in [3.8, 4) is 0 Å². The second-order valence-electron chi connectivity index (χ2n) is 5.71. The zero-order valence-electron chi connectivity index (χ0n) is 11.5. The van der Waals surface area contributed by atoms with Crippen molar-refractivity contribution in [1.29, 1.82) is 0 Å². The summed E-state index contributed by atoms with van der Waals surface area (Å²) in [6, 6.07) is 7.32. The van der Waals surface area contributed by atoms with Crippen molar-refractivity contribution in [3.05, 3.63) is 34.3 Å². The van der Waals surface area contributed by atoms with Crippen LogP contribution in [0.5, 0.6) is 0 Å². The van der Waals surface area contributed by atoms with Gasteiger partial charge in [0, 0.05) is 10.5 Å². The first-order chi connectivity index (χ1) is 9.21. The summed E-state index contributed by atoms with van der Waals surface area (Å²) in [5.41, 5.74) is 0.214. The number of carbonyl (C=O) groups is 1. The fourth-order valence-electron chi connectivity index (χ4n) is 2.27. The number of hydrogen-bond acceptors (Lipinski definition) is 3. The lowest BCUT2D eigenvalue weighted by Crippen LogP contribution is -2.45. The lowest BCUT2D eigenvalue weighted by Gasteiger charge is -2.26. The summed E-state index contributed by atoms with van der Waals surface area (Å²) in [7, 11) is -2.98. The quantitative estimate of drug-likeness (QED) is 0.897. The topological polar surface area (TPSA) is 63.2 Å². The standard InChI is InChI=1S/C14H18BrNO3S/c1-14(2,10-3-5-11(15)6-4-10)13(17)16-12-7-8-20(18,19)9-12/h3-6,12H,7-9H2,1-2H3,(H,16,17)/t12-/m0/s1. The van der Waals surface area contributed by atoms with Crippen molar-refractivity contribution in [3.63, 3.8) is 0 Å². The Hall–Kier alpha value is -0.880. The van der Waals surface area contributed by atoms with Gasteiger partial charge in [-0.25, -0.2) is 8.42 Å². The maximum absolute atomic E-state index is 12.4. The van der Waals surface area contributed by atoms with E-state index in [1.165, 1.54) is 0 Å². The van der Waals surface area contributed by atoms with Crippen LogP contribution in [-0.2, 0) is 20.0 Å². The summed E-state index contributed by atoms with van der Waals surface area (Å²) in [5.74, 6) is 0.0770. The van der Waals surface area contributed by atoms with Crippen LogP contribution in [0.15, 0.2) is 28.7 Å². The highest BCUT2D eigenvalue weighted by atomic mass is 79.9. The number of sulfone groups is 1. The van der Waals surface area contributed by atoms with Gasteiger partial charge in [-0.3, -0.25) is 4.79 Å². The molecule has 4 nitrogen and oxygen atoms in total. The summed E-state index contributed by atoms with van der Waals surface area (Å²) in [6.07, 6.45) is 0.504. The van der Waals surface area contributed by atoms with Crippen LogP contribution >= 0.6 is 15.9 Å². The summed E-state index contributed by atoms with van der Waals surface area (Å²) in [5, 5.41) is 2.86. The molecule has 1 aromatic rings. The fraction of sp³-hybridized carbons (Fsp3) is 0.500. The first-order valence-electron chi connectivity index (χ1n) is 6.48. The smallest absolute Gasteiger partial charge is 0.230 e. The molecule has 1 heterocycles. The Labute approximate surface area is 128 Å². The molecule has 0 aromatic heterocycles. The summed E-state index contributed by atoms with van der Waals surface area (Å²) < 4.78 is 23.8. The van der Waals surface area contributed by atoms with E-state index in [0.717, 1.165) is 10.0 Å². The molecule has 20 heavy (non-hydrogen) atoms. The molecule has 0 unspecified atom stereocenters. The van der Waals surface area contributed by atoms with E-state index in [-0.39, 0.29) is 23.5 Å². The third kappa shape index (κ3) is 3.41. The molecule has 2 rings (SSSR count). The Bertz CT molecular complexity index is 608. The Morgan fingerprint density at radius 2 is 1.90 bits per heavy atom. The predicted molar refractivity (Wildman–Crippen MR) is 82.4 cm³/mol. The van der Waals surface area contributed by atoms with Gasteiger partial charge in [0.15, 0.2) is 9.84 Å². The molecule has 6 heteroatoms. The highest BCUT2D eigenvalue weighted by molar-refractivity contribution is 9.10. The number of halogens is 1. The molecule has 1 atom stereocenters. The van der Waals surface area contributed by atoms with E-state index in [4.69, 9.17) is 0 Å². The molecule has 1 aromatic carbocycles. The minimum atomic E-state index is -2.98. The lowest BCUT2D eigenvalue weighted by atomic mass is 9.83. The van der Waals surface area contributed by atoms with Crippen molar-refractivity contribution in [2.45, 2.75) is 31.7 Å². The van der Waals surface area contributed by atoms with E-state index in [1.54, 1.807) is 0 Å². The van der Waals surface area contributed by atoms with E-state index in [1.807, 2.05) is 38.1 Å². The Balaban J connectivity index is 2.09. The van der Waals surface area contributed by atoms with Gasteiger partial charge in [-0.1, -0.05) is 28.1 Å². The molecular weight excluding hydrogens is 342 g/mol. The zero-order chi connectivity index (χ0) is 15.0. The van der Waals surface area contributed by atoms with Crippen molar-refractivity contribution in [2.24, 2.45) is 0 Å². The fourth-order valence-corrected chi connectivity index (χ4v) is 4.21. The minimum absolute atomic E-state index is 0.0508. The molecule has 0 saturated carbocycles. The number of hydrogen-bond donors (Lipinski definition) is 1. The van der Waals surface area contributed by atoms with Gasteiger partial charge in [-0.15, -0.1) is 0 Å². The first kappa shape index (κ1) is 15.5. The monoisotopic (exact) mass is 359 g/mol. The van der Waals surface area contributed by atoms with Crippen LogP contribution in [0.3, 0.4) is 0 Å². The second kappa shape index (κ2) is 5.48. The normalized spacial score (nSPS) is 21.6. The highest BCUT2D eigenvalue weighted by Gasteiger charge is 2.35. The third-order valence-electron chi connectivity index (χ3n) is 3.70. The maximum atomic E-state index is 12.4. The first-order valence-corrected chi connectivity index (χ1v) is 9.09. The van der Waals surface area contributed by atoms with Crippen LogP contribution in [0.1, 0.15) is 25.8 Å². The second-order valence-corrected chi connectivity index (χ2v) is 8.85. The number of benzene rings is 1. The van der Waals surface area contributed by atoms with Gasteiger partial charge in [0.1, 0.15) is 0 Å². The van der Waals surface area contributed by atoms with Gasteiger partial charge in [0.05, 0.1) is 16.9 Å². The van der Waals surface area contributed by atoms with E-state index in [9.17, 15) is 13.2 Å². The predicted octanol–water partition coefficient (Wildman–Crippen LogP) is 2.03. The Kier molecular flexibility index (Phi) is 4.25. The molecule has 1 aliphatic rings. The van der Waals surface area contributed by atoms with Crippen molar-refractivity contribution < 1.29 is 13.2 Å². The van der Waals surface area contributed by atoms with Crippen LogP contribution in [0, 0.1) is 0 Å². The average Bonchev–Trinajstić information content (AvgIpc) is 2.69. The van der Waals surface area contributed by atoms with Gasteiger partial charge in [-0.05, 0) is 38.0 Å². The summed E-state index contributed by atoms with van der Waals surface area (Å²) >= 11 is 3.37. The molecule has 1 N–H and O–H groups in total. The van der Waals surface area contributed by atoms with Crippen LogP contribution in [-0.4, -0.2) is 31.9 Å². The largest absolute Gasteiger partial charge is 0.352 e. The molecule has 1 aliphatic heterocycles. The Morgan fingerprint density at radius 1 is 1.30 bits per heavy atom. The number of nitrogens with one attached hydrogen (secondary N) is 1. The van der Waals surface area contributed by atoms with Crippen molar-refractivity contribution >= 4 is 31.7 Å². The van der Waals surface area contributed by atoms with Crippen LogP contribution in [0.25, 0.3) is 0 Å². The van der Waals surface area contributed by atoms with Gasteiger partial charge >= 0.3 is 0 Å². The van der Waals surface area contributed by atoms with Gasteiger partial charge < -0.3 is 5.32 Å². The van der Waals surface area contributed by atoms with Crippen LogP contribution in [0.4, 0.5) is 0 Å². The van der Waals surface area contributed by atoms with E-state index >= 15 is 0 Å². The summed E-state index contributed by atoms with van der Waals surface area (Å²) in [6.45, 7) is 3.68. The lowest BCUT2D eigenvalue weighted by molar-refractivity contribution is -0.126. The third-order valence-corrected chi connectivity index (χ3v) is 6.00. The average molecular weight is 360 g/mol.